The van der Waals surface area contributed by atoms with Gasteiger partial charge in [-0.25, -0.2) is 4.98 Å². The summed E-state index contributed by atoms with van der Waals surface area (Å²) in [6, 6.07) is 7.77. The van der Waals surface area contributed by atoms with Crippen molar-refractivity contribution in [3.05, 3.63) is 47.4 Å². The lowest BCUT2D eigenvalue weighted by Crippen LogP contribution is -2.14. The van der Waals surface area contributed by atoms with E-state index in [0.717, 1.165) is 45.8 Å². The van der Waals surface area contributed by atoms with Gasteiger partial charge in [-0.3, -0.25) is 9.48 Å². The fourth-order valence-corrected chi connectivity index (χ4v) is 4.09. The number of carbonyl (C=O) groups is 1. The van der Waals surface area contributed by atoms with Crippen molar-refractivity contribution < 1.29 is 4.79 Å². The van der Waals surface area contributed by atoms with E-state index >= 15 is 0 Å². The first-order valence-electron chi connectivity index (χ1n) is 8.15. The normalized spacial score (nSPS) is 13.1. The summed E-state index contributed by atoms with van der Waals surface area (Å²) in [5.74, 6) is 0.928. The lowest BCUT2D eigenvalue weighted by molar-refractivity contribution is 0.102. The molecule has 25 heavy (non-hydrogen) atoms. The molecular weight excluding hydrogens is 334 g/mol. The maximum Gasteiger partial charge on any atom is 0.259 e. The summed E-state index contributed by atoms with van der Waals surface area (Å²) in [6.07, 6.45) is 2.06. The van der Waals surface area contributed by atoms with Crippen LogP contribution in [0, 0.1) is 13.8 Å². The second-order valence-electron chi connectivity index (χ2n) is 6.12. The van der Waals surface area contributed by atoms with Crippen molar-refractivity contribution in [1.29, 1.82) is 0 Å². The van der Waals surface area contributed by atoms with Gasteiger partial charge in [0.15, 0.2) is 5.16 Å². The highest BCUT2D eigenvalue weighted by atomic mass is 32.2. The predicted molar refractivity (Wildman–Crippen MR) is 99.0 cm³/mol. The number of nitrogens with zero attached hydrogens (tertiary/aromatic N) is 4. The zero-order valence-corrected chi connectivity index (χ0v) is 15.2. The second kappa shape index (κ2) is 6.07. The first-order valence-corrected chi connectivity index (χ1v) is 9.14. The smallest absolute Gasteiger partial charge is 0.259 e. The van der Waals surface area contributed by atoms with Crippen LogP contribution in [0.1, 0.15) is 21.7 Å². The quantitative estimate of drug-likeness (QED) is 0.785. The van der Waals surface area contributed by atoms with Gasteiger partial charge >= 0.3 is 0 Å². The average molecular weight is 353 g/mol. The zero-order valence-electron chi connectivity index (χ0n) is 14.4. The number of carbonyl (C=O) groups excluding carboxylic acids is 1. The molecule has 1 amide bonds. The van der Waals surface area contributed by atoms with Gasteiger partial charge in [-0.2, -0.15) is 5.10 Å². The number of aryl methyl sites for hydroxylation is 3. The molecule has 2 aromatic heterocycles. The molecule has 3 heterocycles. The van der Waals surface area contributed by atoms with Crippen LogP contribution in [0.5, 0.6) is 0 Å². The standard InChI is InChI=1S/C18H19N5OS/c1-11-16(12(2)22(3)21-11)17(24)19-14-7-5-4-6-13(14)15-10-23-8-9-25-18(23)20-15/h4-7,10H,8-9H2,1-3H3,(H,19,24). The van der Waals surface area contributed by atoms with E-state index in [2.05, 4.69) is 21.2 Å². The molecule has 1 N–H and O–H groups in total. The van der Waals surface area contributed by atoms with E-state index in [-0.39, 0.29) is 5.91 Å². The highest BCUT2D eigenvalue weighted by Crippen LogP contribution is 2.32. The number of aromatic nitrogens is 4. The predicted octanol–water partition coefficient (Wildman–Crippen LogP) is 3.26. The van der Waals surface area contributed by atoms with Crippen molar-refractivity contribution in [2.24, 2.45) is 7.05 Å². The van der Waals surface area contributed by atoms with Gasteiger partial charge in [0.05, 0.1) is 22.6 Å². The Morgan fingerprint density at radius 2 is 2.08 bits per heavy atom. The summed E-state index contributed by atoms with van der Waals surface area (Å²) < 4.78 is 3.89. The third-order valence-electron chi connectivity index (χ3n) is 4.49. The maximum absolute atomic E-state index is 12.8. The van der Waals surface area contributed by atoms with Crippen molar-refractivity contribution >= 4 is 23.4 Å². The van der Waals surface area contributed by atoms with Crippen molar-refractivity contribution in [3.63, 3.8) is 0 Å². The van der Waals surface area contributed by atoms with Gasteiger partial charge in [0.25, 0.3) is 5.91 Å². The van der Waals surface area contributed by atoms with E-state index in [4.69, 9.17) is 4.98 Å². The highest BCUT2D eigenvalue weighted by molar-refractivity contribution is 7.99. The molecule has 1 aliphatic heterocycles. The van der Waals surface area contributed by atoms with Gasteiger partial charge in [-0.05, 0) is 19.9 Å². The molecule has 0 aliphatic carbocycles. The lowest BCUT2D eigenvalue weighted by atomic mass is 10.1. The number of rotatable bonds is 3. The number of thioether (sulfide) groups is 1. The summed E-state index contributed by atoms with van der Waals surface area (Å²) in [4.78, 5) is 17.5. The van der Waals surface area contributed by atoms with Crippen LogP contribution in [0.15, 0.2) is 35.6 Å². The molecule has 0 atom stereocenters. The number of anilines is 1. The highest BCUT2D eigenvalue weighted by Gasteiger charge is 2.20. The van der Waals surface area contributed by atoms with E-state index in [1.165, 1.54) is 0 Å². The number of nitrogens with one attached hydrogen (secondary N) is 1. The number of benzene rings is 1. The molecule has 7 heteroatoms. The SMILES string of the molecule is Cc1nn(C)c(C)c1C(=O)Nc1ccccc1-c1cn2c(n1)SCC2. The molecule has 6 nitrogen and oxygen atoms in total. The van der Waals surface area contributed by atoms with E-state index in [1.807, 2.05) is 45.2 Å². The third-order valence-corrected chi connectivity index (χ3v) is 5.46. The van der Waals surface area contributed by atoms with Gasteiger partial charge in [0.2, 0.25) is 0 Å². The summed E-state index contributed by atoms with van der Waals surface area (Å²) in [6.45, 7) is 4.73. The molecule has 3 aromatic rings. The Hall–Kier alpha value is -2.54. The Labute approximate surface area is 150 Å². The average Bonchev–Trinajstić information content (AvgIpc) is 3.22. The third kappa shape index (κ3) is 2.74. The summed E-state index contributed by atoms with van der Waals surface area (Å²) in [5, 5.41) is 8.40. The molecule has 4 rings (SSSR count). The first kappa shape index (κ1) is 16.0. The van der Waals surface area contributed by atoms with Crippen molar-refractivity contribution in [2.75, 3.05) is 11.1 Å². The van der Waals surface area contributed by atoms with E-state index in [1.54, 1.807) is 16.4 Å². The largest absolute Gasteiger partial charge is 0.325 e. The van der Waals surface area contributed by atoms with Crippen LogP contribution < -0.4 is 5.32 Å². The van der Waals surface area contributed by atoms with Crippen LogP contribution in [0.25, 0.3) is 11.3 Å². The molecular formula is C18H19N5OS. The monoisotopic (exact) mass is 353 g/mol. The number of amides is 1. The lowest BCUT2D eigenvalue weighted by Gasteiger charge is -2.10. The van der Waals surface area contributed by atoms with Gasteiger partial charge in [0.1, 0.15) is 0 Å². The second-order valence-corrected chi connectivity index (χ2v) is 7.18. The molecule has 0 fully saturated rings. The minimum absolute atomic E-state index is 0.142. The van der Waals surface area contributed by atoms with Gasteiger partial charge in [-0.15, -0.1) is 0 Å². The number of fused-ring (bicyclic) bond motifs is 1. The van der Waals surface area contributed by atoms with Crippen LogP contribution in [0.3, 0.4) is 0 Å². The van der Waals surface area contributed by atoms with Gasteiger partial charge < -0.3 is 9.88 Å². The van der Waals surface area contributed by atoms with Crippen LogP contribution in [0.4, 0.5) is 5.69 Å². The molecule has 1 aromatic carbocycles. The minimum Gasteiger partial charge on any atom is -0.325 e. The molecule has 0 radical (unpaired) electrons. The van der Waals surface area contributed by atoms with Gasteiger partial charge in [0, 0.05) is 36.8 Å². The summed E-state index contributed by atoms with van der Waals surface area (Å²) >= 11 is 1.76. The van der Waals surface area contributed by atoms with E-state index in [0.29, 0.717) is 5.56 Å². The van der Waals surface area contributed by atoms with Crippen molar-refractivity contribution in [1.82, 2.24) is 19.3 Å². The Morgan fingerprint density at radius 3 is 2.80 bits per heavy atom. The Kier molecular flexibility index (Phi) is 3.88. The Balaban J connectivity index is 1.68. The van der Waals surface area contributed by atoms with E-state index < -0.39 is 0 Å². The minimum atomic E-state index is -0.142. The molecule has 0 unspecified atom stereocenters. The fraction of sp³-hybridized carbons (Fsp3) is 0.278. The van der Waals surface area contributed by atoms with Crippen LogP contribution in [0.2, 0.25) is 0 Å². The van der Waals surface area contributed by atoms with Crippen LogP contribution in [-0.4, -0.2) is 31.0 Å². The molecule has 0 bridgehead atoms. The molecule has 0 spiro atoms. The topological polar surface area (TPSA) is 64.7 Å². The Bertz CT molecular complexity index is 951. The number of para-hydroxylation sites is 1. The molecule has 0 saturated carbocycles. The fourth-order valence-electron chi connectivity index (χ4n) is 3.14. The number of hydrogen-bond donors (Lipinski definition) is 1. The Morgan fingerprint density at radius 1 is 1.28 bits per heavy atom. The maximum atomic E-state index is 12.8. The van der Waals surface area contributed by atoms with Gasteiger partial charge in [-0.1, -0.05) is 30.0 Å². The van der Waals surface area contributed by atoms with Crippen molar-refractivity contribution in [2.45, 2.75) is 25.5 Å². The van der Waals surface area contributed by atoms with Crippen LogP contribution in [-0.2, 0) is 13.6 Å². The van der Waals surface area contributed by atoms with Crippen LogP contribution >= 0.6 is 11.8 Å². The zero-order chi connectivity index (χ0) is 17.6. The number of hydrogen-bond acceptors (Lipinski definition) is 4. The molecule has 128 valence electrons. The number of imidazole rings is 1. The van der Waals surface area contributed by atoms with Crippen molar-refractivity contribution in [3.8, 4) is 11.3 Å². The van der Waals surface area contributed by atoms with E-state index in [9.17, 15) is 4.79 Å². The molecule has 1 aliphatic rings. The molecule has 0 saturated heterocycles. The summed E-state index contributed by atoms with van der Waals surface area (Å²) in [7, 11) is 1.84. The summed E-state index contributed by atoms with van der Waals surface area (Å²) in [5.41, 5.74) is 4.78. The first-order chi connectivity index (χ1) is 12.0.